The molecular formula is C24H25ClFN5O2. The topological polar surface area (TPSA) is 103 Å². The van der Waals surface area contributed by atoms with E-state index in [0.29, 0.717) is 56.8 Å². The van der Waals surface area contributed by atoms with Crippen molar-refractivity contribution in [2.24, 2.45) is 11.7 Å². The number of benzene rings is 1. The van der Waals surface area contributed by atoms with Gasteiger partial charge in [0.2, 0.25) is 0 Å². The molecule has 2 aromatic rings. The maximum absolute atomic E-state index is 14.1. The molecule has 0 radical (unpaired) electrons. The third kappa shape index (κ3) is 3.14. The van der Waals surface area contributed by atoms with Crippen LogP contribution in [0.1, 0.15) is 46.8 Å². The fourth-order valence-corrected chi connectivity index (χ4v) is 5.86. The maximum atomic E-state index is 14.1. The molecule has 3 fully saturated rings. The Kier molecular flexibility index (Phi) is 4.52. The Morgan fingerprint density at radius 3 is 2.73 bits per heavy atom. The molecule has 1 saturated heterocycles. The van der Waals surface area contributed by atoms with E-state index in [1.807, 2.05) is 13.8 Å². The van der Waals surface area contributed by atoms with Gasteiger partial charge in [0.15, 0.2) is 5.82 Å². The largest absolute Gasteiger partial charge is 0.489 e. The molecule has 3 N–H and O–H groups in total. The highest BCUT2D eigenvalue weighted by Crippen LogP contribution is 2.60. The number of aryl methyl sites for hydroxylation is 2. The molecule has 6 rings (SSSR count). The number of carbonyl (C=O) groups excluding carboxylic acids is 1. The van der Waals surface area contributed by atoms with Crippen LogP contribution in [0.3, 0.4) is 0 Å². The van der Waals surface area contributed by atoms with Crippen molar-refractivity contribution in [3.05, 3.63) is 57.5 Å². The third-order valence-corrected chi connectivity index (χ3v) is 8.27. The summed E-state index contributed by atoms with van der Waals surface area (Å²) in [5, 5.41) is 4.08. The summed E-state index contributed by atoms with van der Waals surface area (Å²) < 4.78 is 20.4. The number of nitrogens with two attached hydrogens (primary N) is 1. The first kappa shape index (κ1) is 20.9. The zero-order valence-electron chi connectivity index (χ0n) is 18.5. The van der Waals surface area contributed by atoms with Gasteiger partial charge in [0.25, 0.3) is 5.91 Å². The number of rotatable bonds is 4. The molecule has 2 aliphatic carbocycles. The van der Waals surface area contributed by atoms with E-state index in [-0.39, 0.29) is 30.6 Å². The van der Waals surface area contributed by atoms with Crippen molar-refractivity contribution in [3.8, 4) is 5.75 Å². The van der Waals surface area contributed by atoms with Gasteiger partial charge >= 0.3 is 0 Å². The van der Waals surface area contributed by atoms with Gasteiger partial charge in [0.1, 0.15) is 17.7 Å². The summed E-state index contributed by atoms with van der Waals surface area (Å²) in [6, 6.07) is 4.60. The Hall–Kier alpha value is -2.71. The van der Waals surface area contributed by atoms with Crippen molar-refractivity contribution >= 4 is 23.1 Å². The summed E-state index contributed by atoms with van der Waals surface area (Å²) in [5.41, 5.74) is 9.43. The number of ether oxygens (including phenoxy) is 1. The zero-order valence-corrected chi connectivity index (χ0v) is 19.2. The number of nitrogens with zero attached hydrogens (tertiary/aromatic N) is 3. The second-order valence-electron chi connectivity index (χ2n) is 9.61. The predicted molar refractivity (Wildman–Crippen MR) is 121 cm³/mol. The van der Waals surface area contributed by atoms with Crippen LogP contribution >= 0.6 is 11.6 Å². The molecule has 4 aliphatic rings. The number of aromatic nitrogens is 2. The molecule has 2 aliphatic heterocycles. The van der Waals surface area contributed by atoms with Crippen LogP contribution in [-0.4, -0.2) is 51.5 Å². The Bertz CT molecular complexity index is 1210. The smallest absolute Gasteiger partial charge is 0.258 e. The lowest BCUT2D eigenvalue weighted by Gasteiger charge is -2.37. The normalized spacial score (nSPS) is 29.6. The molecule has 7 nitrogen and oxygen atoms in total. The van der Waals surface area contributed by atoms with Crippen molar-refractivity contribution in [3.63, 3.8) is 0 Å². The van der Waals surface area contributed by atoms with E-state index in [9.17, 15) is 9.18 Å². The van der Waals surface area contributed by atoms with E-state index in [1.54, 1.807) is 4.90 Å². The maximum Gasteiger partial charge on any atom is 0.258 e. The molecule has 1 aromatic carbocycles. The minimum atomic E-state index is -0.425. The van der Waals surface area contributed by atoms with Crippen LogP contribution in [0.25, 0.3) is 5.57 Å². The number of halogens is 2. The summed E-state index contributed by atoms with van der Waals surface area (Å²) in [5.74, 6) is 0.528. The summed E-state index contributed by atoms with van der Waals surface area (Å²) in [7, 11) is 0. The summed E-state index contributed by atoms with van der Waals surface area (Å²) in [4.78, 5) is 24.0. The average molecular weight is 470 g/mol. The molecule has 2 saturated carbocycles. The molecule has 33 heavy (non-hydrogen) atoms. The van der Waals surface area contributed by atoms with Crippen molar-refractivity contribution < 1.29 is 13.9 Å². The highest BCUT2D eigenvalue weighted by molar-refractivity contribution is 6.31. The van der Waals surface area contributed by atoms with Gasteiger partial charge in [-0.3, -0.25) is 4.79 Å². The molecule has 3 heterocycles. The van der Waals surface area contributed by atoms with E-state index >= 15 is 0 Å². The van der Waals surface area contributed by atoms with Crippen LogP contribution in [0.5, 0.6) is 5.75 Å². The molecule has 1 spiro atoms. The van der Waals surface area contributed by atoms with Crippen LogP contribution in [-0.2, 0) is 0 Å². The second-order valence-corrected chi connectivity index (χ2v) is 9.99. The lowest BCUT2D eigenvalue weighted by Crippen LogP contribution is -2.44. The van der Waals surface area contributed by atoms with Crippen LogP contribution in [0.15, 0.2) is 23.9 Å². The SMILES string of the molecule is Cc1nc(C2=C(N)CN(C(=O)c3ccc(F)cc3O[C@@H]3CC4NC45CCC35)C2)nc(C)c1Cl. The Labute approximate surface area is 196 Å². The van der Waals surface area contributed by atoms with Gasteiger partial charge in [0.05, 0.1) is 35.1 Å². The third-order valence-electron chi connectivity index (χ3n) is 7.72. The van der Waals surface area contributed by atoms with Gasteiger partial charge in [0, 0.05) is 41.3 Å². The first-order chi connectivity index (χ1) is 15.8. The first-order valence-corrected chi connectivity index (χ1v) is 11.7. The van der Waals surface area contributed by atoms with Gasteiger partial charge in [-0.15, -0.1) is 0 Å². The van der Waals surface area contributed by atoms with Crippen molar-refractivity contribution in [2.75, 3.05) is 13.1 Å². The van der Waals surface area contributed by atoms with Crippen molar-refractivity contribution in [2.45, 2.75) is 50.8 Å². The van der Waals surface area contributed by atoms with Crippen LogP contribution in [0, 0.1) is 25.6 Å². The van der Waals surface area contributed by atoms with E-state index in [4.69, 9.17) is 22.1 Å². The molecule has 1 aromatic heterocycles. The minimum absolute atomic E-state index is 0.00380. The number of amides is 1. The van der Waals surface area contributed by atoms with Crippen LogP contribution in [0.4, 0.5) is 4.39 Å². The molecule has 172 valence electrons. The first-order valence-electron chi connectivity index (χ1n) is 11.3. The van der Waals surface area contributed by atoms with Crippen LogP contribution < -0.4 is 15.8 Å². The summed E-state index contributed by atoms with van der Waals surface area (Å²) >= 11 is 6.20. The number of carbonyl (C=O) groups is 1. The quantitative estimate of drug-likeness (QED) is 0.667. The summed E-state index contributed by atoms with van der Waals surface area (Å²) in [6.45, 7) is 4.14. The monoisotopic (exact) mass is 469 g/mol. The number of piperidine rings is 1. The average Bonchev–Trinajstić information content (AvgIpc) is 3.31. The van der Waals surface area contributed by atoms with E-state index in [1.165, 1.54) is 24.6 Å². The molecule has 0 bridgehead atoms. The fraction of sp³-hybridized carbons (Fsp3) is 0.458. The molecule has 4 atom stereocenters. The highest BCUT2D eigenvalue weighted by Gasteiger charge is 2.71. The number of hydrogen-bond acceptors (Lipinski definition) is 6. The minimum Gasteiger partial charge on any atom is -0.489 e. The lowest BCUT2D eigenvalue weighted by molar-refractivity contribution is 0.0707. The molecule has 3 unspecified atom stereocenters. The van der Waals surface area contributed by atoms with Gasteiger partial charge in [-0.05, 0) is 38.8 Å². The van der Waals surface area contributed by atoms with Gasteiger partial charge < -0.3 is 20.7 Å². The fourth-order valence-electron chi connectivity index (χ4n) is 5.78. The van der Waals surface area contributed by atoms with Gasteiger partial charge in [-0.1, -0.05) is 11.6 Å². The lowest BCUT2D eigenvalue weighted by atomic mass is 9.73. The van der Waals surface area contributed by atoms with Crippen molar-refractivity contribution in [1.29, 1.82) is 0 Å². The van der Waals surface area contributed by atoms with Gasteiger partial charge in [-0.25, -0.2) is 14.4 Å². The Morgan fingerprint density at radius 2 is 2.06 bits per heavy atom. The second kappa shape index (κ2) is 7.14. The molecular weight excluding hydrogens is 445 g/mol. The van der Waals surface area contributed by atoms with Crippen molar-refractivity contribution in [1.82, 2.24) is 20.2 Å². The predicted octanol–water partition coefficient (Wildman–Crippen LogP) is 2.98. The van der Waals surface area contributed by atoms with E-state index in [2.05, 4.69) is 15.3 Å². The highest BCUT2D eigenvalue weighted by atomic mass is 35.5. The Morgan fingerprint density at radius 1 is 1.30 bits per heavy atom. The van der Waals surface area contributed by atoms with Gasteiger partial charge in [-0.2, -0.15) is 0 Å². The Balaban J connectivity index is 1.23. The summed E-state index contributed by atoms with van der Waals surface area (Å²) in [6.07, 6.45) is 3.17. The number of nitrogens with one attached hydrogen (secondary N) is 1. The van der Waals surface area contributed by atoms with Crippen LogP contribution in [0.2, 0.25) is 5.02 Å². The standard InChI is InChI=1S/C24H25ClFN5O2/c1-11-21(25)12(2)29-22(28-11)15-9-31(10-17(15)27)23(32)14-4-3-13(26)7-18(14)33-19-8-20-24(30-20)6-5-16(19)24/h3-4,7,16,19-20,30H,5-6,8-10,27H2,1-2H3/t16?,19-,20?,24?/m1/s1. The number of hydrogen-bond donors (Lipinski definition) is 2. The zero-order chi connectivity index (χ0) is 23.1. The van der Waals surface area contributed by atoms with E-state index < -0.39 is 5.82 Å². The van der Waals surface area contributed by atoms with E-state index in [0.717, 1.165) is 12.8 Å². The molecule has 1 amide bonds. The molecule has 9 heteroatoms.